The van der Waals surface area contributed by atoms with E-state index < -0.39 is 0 Å². The number of benzene rings is 1. The van der Waals surface area contributed by atoms with Crippen LogP contribution in [-0.2, 0) is 6.42 Å². The second-order valence-electron chi connectivity index (χ2n) is 4.03. The molecule has 0 radical (unpaired) electrons. The number of hydrogen-bond acceptors (Lipinski definition) is 4. The Morgan fingerprint density at radius 1 is 1.47 bits per heavy atom. The first-order chi connectivity index (χ1) is 8.60. The maximum Gasteiger partial charge on any atom is 0.259 e. The third kappa shape index (κ3) is 4.12. The van der Waals surface area contributed by atoms with Gasteiger partial charge in [0, 0.05) is 16.0 Å². The van der Waals surface area contributed by atoms with Crippen molar-refractivity contribution in [2.24, 2.45) is 0 Å². The topological polar surface area (TPSA) is 51.0 Å². The van der Waals surface area contributed by atoms with Gasteiger partial charge in [0.2, 0.25) is 0 Å². The summed E-state index contributed by atoms with van der Waals surface area (Å²) in [6, 6.07) is 4.76. The highest BCUT2D eigenvalue weighted by atomic mass is 127. The quantitative estimate of drug-likeness (QED) is 0.806. The van der Waals surface area contributed by atoms with Gasteiger partial charge in [0.15, 0.2) is 5.82 Å². The van der Waals surface area contributed by atoms with Crippen molar-refractivity contribution < 1.29 is 8.91 Å². The molecule has 0 spiro atoms. The minimum absolute atomic E-state index is 0. The largest absolute Gasteiger partial charge is 0.334 e. The smallest absolute Gasteiger partial charge is 0.259 e. The van der Waals surface area contributed by atoms with Gasteiger partial charge in [-0.2, -0.15) is 4.98 Å². The van der Waals surface area contributed by atoms with Crippen molar-refractivity contribution in [2.75, 3.05) is 7.05 Å². The number of likely N-dealkylation sites (N-methyl/N-ethyl adjacent to an activating group) is 1. The Bertz CT molecular complexity index is 550. The number of aromatic nitrogens is 2. The van der Waals surface area contributed by atoms with Crippen LogP contribution in [0, 0.1) is 9.39 Å². The number of nitrogens with one attached hydrogen (secondary N) is 1. The summed E-state index contributed by atoms with van der Waals surface area (Å²) in [4.78, 5) is 4.28. The molecule has 1 N–H and O–H groups in total. The van der Waals surface area contributed by atoms with Crippen LogP contribution in [0.25, 0.3) is 11.5 Å². The average Bonchev–Trinajstić information content (AvgIpc) is 2.80. The van der Waals surface area contributed by atoms with E-state index in [9.17, 15) is 4.39 Å². The van der Waals surface area contributed by atoms with Crippen LogP contribution < -0.4 is 5.32 Å². The van der Waals surface area contributed by atoms with E-state index in [0.717, 1.165) is 3.57 Å². The molecule has 0 amide bonds. The van der Waals surface area contributed by atoms with Crippen molar-refractivity contribution in [1.29, 1.82) is 0 Å². The Morgan fingerprint density at radius 2 is 2.21 bits per heavy atom. The highest BCUT2D eigenvalue weighted by Crippen LogP contribution is 2.24. The van der Waals surface area contributed by atoms with Gasteiger partial charge in [0.25, 0.3) is 5.89 Å². The van der Waals surface area contributed by atoms with Crippen LogP contribution in [0.2, 0.25) is 0 Å². The summed E-state index contributed by atoms with van der Waals surface area (Å²) >= 11 is 2.12. The molecule has 104 valence electrons. The lowest BCUT2D eigenvalue weighted by Crippen LogP contribution is -2.24. The molecule has 0 fully saturated rings. The summed E-state index contributed by atoms with van der Waals surface area (Å²) in [6.45, 7) is 2.03. The highest BCUT2D eigenvalue weighted by Gasteiger charge is 2.14. The van der Waals surface area contributed by atoms with E-state index in [4.69, 9.17) is 4.52 Å². The molecule has 2 aromatic rings. The lowest BCUT2D eigenvalue weighted by molar-refractivity contribution is 0.417. The monoisotopic (exact) mass is 397 g/mol. The molecule has 7 heteroatoms. The Labute approximate surface area is 130 Å². The summed E-state index contributed by atoms with van der Waals surface area (Å²) in [5, 5.41) is 7.00. The van der Waals surface area contributed by atoms with Crippen molar-refractivity contribution in [1.82, 2.24) is 15.5 Å². The van der Waals surface area contributed by atoms with Crippen LogP contribution in [0.5, 0.6) is 0 Å². The van der Waals surface area contributed by atoms with E-state index in [-0.39, 0.29) is 24.3 Å². The first-order valence-corrected chi connectivity index (χ1v) is 6.63. The van der Waals surface area contributed by atoms with E-state index in [1.165, 1.54) is 12.1 Å². The summed E-state index contributed by atoms with van der Waals surface area (Å²) in [5.41, 5.74) is 0.631. The van der Waals surface area contributed by atoms with E-state index in [1.54, 1.807) is 6.07 Å². The van der Waals surface area contributed by atoms with Gasteiger partial charge in [0.05, 0.1) is 5.56 Å². The fraction of sp³-hybridized carbons (Fsp3) is 0.333. The van der Waals surface area contributed by atoms with Gasteiger partial charge in [-0.05, 0) is 54.8 Å². The van der Waals surface area contributed by atoms with Crippen LogP contribution in [-0.4, -0.2) is 23.2 Å². The fourth-order valence-corrected chi connectivity index (χ4v) is 2.05. The van der Waals surface area contributed by atoms with Crippen LogP contribution in [0.15, 0.2) is 22.7 Å². The van der Waals surface area contributed by atoms with Gasteiger partial charge < -0.3 is 9.84 Å². The maximum absolute atomic E-state index is 13.2. The molecular formula is C12H14ClFIN3O. The van der Waals surface area contributed by atoms with Gasteiger partial charge in [-0.1, -0.05) is 5.16 Å². The number of rotatable bonds is 4. The average molecular weight is 398 g/mol. The molecule has 0 aliphatic rings. The Balaban J connectivity index is 0.00000180. The molecule has 0 bridgehead atoms. The third-order valence-electron chi connectivity index (χ3n) is 2.61. The van der Waals surface area contributed by atoms with E-state index >= 15 is 0 Å². The first kappa shape index (κ1) is 16.3. The molecule has 19 heavy (non-hydrogen) atoms. The molecule has 2 rings (SSSR count). The Morgan fingerprint density at radius 3 is 2.89 bits per heavy atom. The van der Waals surface area contributed by atoms with E-state index in [0.29, 0.717) is 23.7 Å². The summed E-state index contributed by atoms with van der Waals surface area (Å²) in [6.07, 6.45) is 0.673. The molecule has 4 nitrogen and oxygen atoms in total. The standard InChI is InChI=1S/C12H13FIN3O.ClH/c1-7(15-2)5-11-16-12(18-17-11)9-6-8(13)3-4-10(9)14;/h3-4,6-7,15H,5H2,1-2H3;1H. The van der Waals surface area contributed by atoms with Crippen molar-refractivity contribution in [3.63, 3.8) is 0 Å². The molecule has 1 aromatic heterocycles. The van der Waals surface area contributed by atoms with Gasteiger partial charge in [-0.25, -0.2) is 4.39 Å². The molecule has 1 atom stereocenters. The number of nitrogens with zero attached hydrogens (tertiary/aromatic N) is 2. The Kier molecular flexibility index (Phi) is 6.15. The van der Waals surface area contributed by atoms with Gasteiger partial charge in [-0.15, -0.1) is 12.4 Å². The first-order valence-electron chi connectivity index (χ1n) is 5.55. The van der Waals surface area contributed by atoms with Crippen LogP contribution >= 0.6 is 35.0 Å². The second kappa shape index (κ2) is 7.16. The molecular weight excluding hydrogens is 384 g/mol. The highest BCUT2D eigenvalue weighted by molar-refractivity contribution is 14.1. The molecule has 1 heterocycles. The minimum Gasteiger partial charge on any atom is -0.334 e. The predicted molar refractivity (Wildman–Crippen MR) is 81.9 cm³/mol. The molecule has 0 saturated heterocycles. The zero-order valence-electron chi connectivity index (χ0n) is 10.5. The maximum atomic E-state index is 13.2. The van der Waals surface area contributed by atoms with E-state index in [1.807, 2.05) is 14.0 Å². The van der Waals surface area contributed by atoms with Gasteiger partial charge >= 0.3 is 0 Å². The van der Waals surface area contributed by atoms with Crippen LogP contribution in [0.1, 0.15) is 12.7 Å². The summed E-state index contributed by atoms with van der Waals surface area (Å²) in [5.74, 6) is 0.665. The minimum atomic E-state index is -0.311. The van der Waals surface area contributed by atoms with E-state index in [2.05, 4.69) is 38.0 Å². The molecule has 0 aliphatic carbocycles. The molecule has 0 saturated carbocycles. The van der Waals surface area contributed by atoms with Crippen LogP contribution in [0.4, 0.5) is 4.39 Å². The molecule has 0 aliphatic heterocycles. The predicted octanol–water partition coefficient (Wildman–Crippen LogP) is 3.05. The molecule has 1 aromatic carbocycles. The normalized spacial score (nSPS) is 12.0. The molecule has 1 unspecified atom stereocenters. The number of halogens is 3. The van der Waals surface area contributed by atoms with Crippen molar-refractivity contribution in [2.45, 2.75) is 19.4 Å². The summed E-state index contributed by atoms with van der Waals surface area (Å²) in [7, 11) is 1.88. The second-order valence-corrected chi connectivity index (χ2v) is 5.20. The summed E-state index contributed by atoms with van der Waals surface area (Å²) < 4.78 is 19.3. The number of hydrogen-bond donors (Lipinski definition) is 1. The van der Waals surface area contributed by atoms with Crippen LogP contribution in [0.3, 0.4) is 0 Å². The zero-order chi connectivity index (χ0) is 13.1. The van der Waals surface area contributed by atoms with Crippen molar-refractivity contribution in [3.05, 3.63) is 33.4 Å². The lowest BCUT2D eigenvalue weighted by atomic mass is 10.2. The fourth-order valence-electron chi connectivity index (χ4n) is 1.48. The lowest BCUT2D eigenvalue weighted by Gasteiger charge is -2.04. The third-order valence-corrected chi connectivity index (χ3v) is 3.55. The van der Waals surface area contributed by atoms with Crippen molar-refractivity contribution in [3.8, 4) is 11.5 Å². The SMILES string of the molecule is CNC(C)Cc1noc(-c2cc(F)ccc2I)n1.Cl. The zero-order valence-corrected chi connectivity index (χ0v) is 13.5. The van der Waals surface area contributed by atoms with Gasteiger partial charge in [-0.3, -0.25) is 0 Å². The Hall–Kier alpha value is -0.730. The van der Waals surface area contributed by atoms with Gasteiger partial charge in [0.1, 0.15) is 5.82 Å². The van der Waals surface area contributed by atoms with Crippen molar-refractivity contribution >= 4 is 35.0 Å².